The first-order valence-corrected chi connectivity index (χ1v) is 5.17. The van der Waals surface area contributed by atoms with Crippen LogP contribution in [0.15, 0.2) is 12.7 Å². The second-order valence-corrected chi connectivity index (χ2v) is 3.25. The van der Waals surface area contributed by atoms with Gasteiger partial charge in [-0.25, -0.2) is 4.79 Å². The zero-order valence-corrected chi connectivity index (χ0v) is 9.52. The molecule has 0 aliphatic rings. The maximum atomic E-state index is 9.35. The van der Waals surface area contributed by atoms with Crippen molar-refractivity contribution in [1.29, 1.82) is 0 Å². The lowest BCUT2D eigenvalue weighted by Crippen LogP contribution is -2.22. The molecular weight excluding hydrogens is 196 g/mol. The Balaban J connectivity index is 0. The van der Waals surface area contributed by atoms with Crippen LogP contribution in [0.5, 0.6) is 0 Å². The predicted octanol–water partition coefficient (Wildman–Crippen LogP) is 1.42. The standard InChI is InChI=1S/C8H18O2.C3H4O2/c1-3-5-8(10)7(4-2)6-9;1-2-3(4)5/h7-10H,3-6H2,1-2H3;2H,1H2,(H,4,5). The summed E-state index contributed by atoms with van der Waals surface area (Å²) < 4.78 is 0. The van der Waals surface area contributed by atoms with Gasteiger partial charge in [0.1, 0.15) is 0 Å². The Kier molecular flexibility index (Phi) is 12.4. The first-order chi connectivity index (χ1) is 7.03. The number of aliphatic hydroxyl groups is 2. The van der Waals surface area contributed by atoms with Gasteiger partial charge in [0.15, 0.2) is 0 Å². The highest BCUT2D eigenvalue weighted by Gasteiger charge is 2.14. The van der Waals surface area contributed by atoms with Crippen LogP contribution >= 0.6 is 0 Å². The molecule has 0 radical (unpaired) electrons. The molecule has 2 unspecified atom stereocenters. The van der Waals surface area contributed by atoms with E-state index in [1.807, 2.05) is 13.8 Å². The molecule has 90 valence electrons. The molecule has 0 saturated heterocycles. The molecule has 15 heavy (non-hydrogen) atoms. The Morgan fingerprint density at radius 3 is 2.13 bits per heavy atom. The second kappa shape index (κ2) is 11.2. The quantitative estimate of drug-likeness (QED) is 0.589. The van der Waals surface area contributed by atoms with E-state index < -0.39 is 5.97 Å². The van der Waals surface area contributed by atoms with Gasteiger partial charge in [-0.15, -0.1) is 0 Å². The largest absolute Gasteiger partial charge is 0.478 e. The topological polar surface area (TPSA) is 77.8 Å². The van der Waals surface area contributed by atoms with Crippen molar-refractivity contribution in [3.63, 3.8) is 0 Å². The summed E-state index contributed by atoms with van der Waals surface area (Å²) in [6.45, 7) is 7.09. The smallest absolute Gasteiger partial charge is 0.327 e. The maximum absolute atomic E-state index is 9.35. The van der Waals surface area contributed by atoms with Crippen LogP contribution in [0.3, 0.4) is 0 Å². The SMILES string of the molecule is C=CC(=O)O.CCCC(O)C(CC)CO. The number of rotatable bonds is 6. The molecule has 0 saturated carbocycles. The molecular formula is C11H22O4. The Bertz CT molecular complexity index is 164. The Morgan fingerprint density at radius 2 is 1.93 bits per heavy atom. The Labute approximate surface area is 91.2 Å². The fourth-order valence-electron chi connectivity index (χ4n) is 1.05. The van der Waals surface area contributed by atoms with E-state index in [0.29, 0.717) is 0 Å². The van der Waals surface area contributed by atoms with Crippen LogP contribution in [-0.4, -0.2) is 34.0 Å². The maximum Gasteiger partial charge on any atom is 0.327 e. The van der Waals surface area contributed by atoms with Crippen molar-refractivity contribution in [3.05, 3.63) is 12.7 Å². The molecule has 0 aromatic carbocycles. The Morgan fingerprint density at radius 1 is 1.47 bits per heavy atom. The fraction of sp³-hybridized carbons (Fsp3) is 0.727. The summed E-state index contributed by atoms with van der Waals surface area (Å²) in [5, 5.41) is 25.7. The van der Waals surface area contributed by atoms with Gasteiger partial charge in [-0.05, 0) is 12.8 Å². The van der Waals surface area contributed by atoms with Gasteiger partial charge < -0.3 is 15.3 Å². The van der Waals surface area contributed by atoms with Gasteiger partial charge in [-0.2, -0.15) is 0 Å². The average Bonchev–Trinajstić information content (AvgIpc) is 2.21. The third-order valence-electron chi connectivity index (χ3n) is 2.06. The van der Waals surface area contributed by atoms with Crippen molar-refractivity contribution < 1.29 is 20.1 Å². The summed E-state index contributed by atoms with van der Waals surface area (Å²) in [6, 6.07) is 0. The molecule has 0 aliphatic heterocycles. The lowest BCUT2D eigenvalue weighted by atomic mass is 9.97. The summed E-state index contributed by atoms with van der Waals surface area (Å²) in [6.07, 6.45) is 3.17. The third-order valence-corrected chi connectivity index (χ3v) is 2.06. The highest BCUT2D eigenvalue weighted by atomic mass is 16.4. The van der Waals surface area contributed by atoms with Crippen LogP contribution in [0.4, 0.5) is 0 Å². The van der Waals surface area contributed by atoms with Gasteiger partial charge in [0, 0.05) is 18.6 Å². The van der Waals surface area contributed by atoms with E-state index in [-0.39, 0.29) is 18.6 Å². The summed E-state index contributed by atoms with van der Waals surface area (Å²) in [5.74, 6) is -0.898. The number of hydrogen-bond acceptors (Lipinski definition) is 3. The van der Waals surface area contributed by atoms with Crippen LogP contribution in [0.25, 0.3) is 0 Å². The Hall–Kier alpha value is -0.870. The molecule has 0 fully saturated rings. The third kappa shape index (κ3) is 11.1. The lowest BCUT2D eigenvalue weighted by Gasteiger charge is -2.17. The van der Waals surface area contributed by atoms with E-state index in [4.69, 9.17) is 10.2 Å². The van der Waals surface area contributed by atoms with E-state index in [9.17, 15) is 9.90 Å². The van der Waals surface area contributed by atoms with Gasteiger partial charge in [0.2, 0.25) is 0 Å². The van der Waals surface area contributed by atoms with E-state index in [0.717, 1.165) is 25.3 Å². The van der Waals surface area contributed by atoms with Gasteiger partial charge in [0.25, 0.3) is 0 Å². The zero-order chi connectivity index (χ0) is 12.3. The minimum Gasteiger partial charge on any atom is -0.478 e. The van der Waals surface area contributed by atoms with Crippen molar-refractivity contribution in [2.75, 3.05) is 6.61 Å². The molecule has 0 bridgehead atoms. The van der Waals surface area contributed by atoms with Crippen LogP contribution in [-0.2, 0) is 4.79 Å². The van der Waals surface area contributed by atoms with Crippen LogP contribution in [0.1, 0.15) is 33.1 Å². The van der Waals surface area contributed by atoms with E-state index in [1.54, 1.807) is 0 Å². The summed E-state index contributed by atoms with van der Waals surface area (Å²) in [4.78, 5) is 9.25. The molecule has 0 spiro atoms. The van der Waals surface area contributed by atoms with E-state index >= 15 is 0 Å². The summed E-state index contributed by atoms with van der Waals surface area (Å²) in [7, 11) is 0. The molecule has 2 atom stereocenters. The minimum atomic E-state index is -0.981. The van der Waals surface area contributed by atoms with Crippen LogP contribution < -0.4 is 0 Å². The summed E-state index contributed by atoms with van der Waals surface area (Å²) in [5.41, 5.74) is 0. The molecule has 0 aromatic heterocycles. The average molecular weight is 218 g/mol. The highest BCUT2D eigenvalue weighted by Crippen LogP contribution is 2.11. The van der Waals surface area contributed by atoms with Gasteiger partial charge in [-0.3, -0.25) is 0 Å². The number of hydrogen-bond donors (Lipinski definition) is 3. The van der Waals surface area contributed by atoms with Gasteiger partial charge in [0.05, 0.1) is 6.10 Å². The minimum absolute atomic E-state index is 0.0833. The normalized spacial score (nSPS) is 13.3. The van der Waals surface area contributed by atoms with Gasteiger partial charge >= 0.3 is 5.97 Å². The van der Waals surface area contributed by atoms with Gasteiger partial charge in [-0.1, -0.05) is 26.8 Å². The van der Waals surface area contributed by atoms with Crippen molar-refractivity contribution >= 4 is 5.97 Å². The summed E-state index contributed by atoms with van der Waals surface area (Å²) >= 11 is 0. The number of carboxylic acid groups (broad SMARTS) is 1. The lowest BCUT2D eigenvalue weighted by molar-refractivity contribution is -0.131. The number of carbonyl (C=O) groups is 1. The van der Waals surface area contributed by atoms with Crippen molar-refractivity contribution in [2.24, 2.45) is 5.92 Å². The first kappa shape index (κ1) is 16.6. The second-order valence-electron chi connectivity index (χ2n) is 3.25. The molecule has 4 nitrogen and oxygen atoms in total. The molecule has 0 rings (SSSR count). The molecule has 4 heteroatoms. The van der Waals surface area contributed by atoms with Crippen molar-refractivity contribution in [3.8, 4) is 0 Å². The molecule has 0 amide bonds. The first-order valence-electron chi connectivity index (χ1n) is 5.17. The van der Waals surface area contributed by atoms with Crippen molar-refractivity contribution in [2.45, 2.75) is 39.2 Å². The van der Waals surface area contributed by atoms with E-state index in [2.05, 4.69) is 6.58 Å². The molecule has 0 aliphatic carbocycles. The van der Waals surface area contributed by atoms with Crippen molar-refractivity contribution in [1.82, 2.24) is 0 Å². The molecule has 0 heterocycles. The molecule has 3 N–H and O–H groups in total. The highest BCUT2D eigenvalue weighted by molar-refractivity contribution is 5.78. The van der Waals surface area contributed by atoms with Crippen LogP contribution in [0, 0.1) is 5.92 Å². The predicted molar refractivity (Wildman–Crippen MR) is 59.6 cm³/mol. The number of aliphatic hydroxyl groups excluding tert-OH is 2. The van der Waals surface area contributed by atoms with E-state index in [1.165, 1.54) is 0 Å². The fourth-order valence-corrected chi connectivity index (χ4v) is 1.05. The number of carboxylic acids is 1. The monoisotopic (exact) mass is 218 g/mol. The zero-order valence-electron chi connectivity index (χ0n) is 9.52. The molecule has 0 aromatic rings. The number of aliphatic carboxylic acids is 1. The van der Waals surface area contributed by atoms with Crippen LogP contribution in [0.2, 0.25) is 0 Å².